The van der Waals surface area contributed by atoms with E-state index in [1.54, 1.807) is 32.4 Å². The van der Waals surface area contributed by atoms with E-state index in [0.717, 1.165) is 15.6 Å². The Kier molecular flexibility index (Phi) is 8.72. The van der Waals surface area contributed by atoms with Crippen molar-refractivity contribution in [3.05, 3.63) is 87.9 Å². The molecule has 4 aromatic rings. The highest BCUT2D eigenvalue weighted by molar-refractivity contribution is 9.10. The molecular formula is C28H21BrClN3O3S. The maximum Gasteiger partial charge on any atom is 0.234 e. The Hall–Kier alpha value is -3.51. The fourth-order valence-corrected chi connectivity index (χ4v) is 4.79. The smallest absolute Gasteiger partial charge is 0.234 e. The van der Waals surface area contributed by atoms with E-state index in [1.807, 2.05) is 54.6 Å². The zero-order valence-electron chi connectivity index (χ0n) is 19.9. The minimum Gasteiger partial charge on any atom is -0.493 e. The summed E-state index contributed by atoms with van der Waals surface area (Å²) in [5.74, 6) is 0.989. The average Bonchev–Trinajstić information content (AvgIpc) is 2.92. The zero-order valence-corrected chi connectivity index (χ0v) is 23.1. The van der Waals surface area contributed by atoms with Crippen LogP contribution in [0, 0.1) is 11.3 Å². The summed E-state index contributed by atoms with van der Waals surface area (Å²) in [6, 6.07) is 24.2. The zero-order chi connectivity index (χ0) is 26.4. The molecule has 37 heavy (non-hydrogen) atoms. The average molecular weight is 595 g/mol. The first-order chi connectivity index (χ1) is 17.9. The number of nitrogens with zero attached hydrogens (tertiary/aromatic N) is 2. The molecule has 6 nitrogen and oxygen atoms in total. The van der Waals surface area contributed by atoms with Crippen molar-refractivity contribution in [2.75, 3.05) is 25.3 Å². The fourth-order valence-electron chi connectivity index (χ4n) is 3.60. The molecule has 9 heteroatoms. The molecule has 4 rings (SSSR count). The molecule has 0 atom stereocenters. The molecular weight excluding hydrogens is 574 g/mol. The summed E-state index contributed by atoms with van der Waals surface area (Å²) in [5.41, 5.74) is 3.95. The Balaban J connectivity index is 1.73. The quantitative estimate of drug-likeness (QED) is 0.213. The number of methoxy groups -OCH3 is 2. The van der Waals surface area contributed by atoms with Crippen LogP contribution in [0.25, 0.3) is 22.4 Å². The molecule has 186 valence electrons. The molecule has 0 bridgehead atoms. The third-order valence-corrected chi connectivity index (χ3v) is 7.16. The summed E-state index contributed by atoms with van der Waals surface area (Å²) in [6.07, 6.45) is 0. The van der Waals surface area contributed by atoms with Crippen LogP contribution in [0.5, 0.6) is 11.5 Å². The SMILES string of the molecule is COc1ccc(-c2cc(-c3ccc(Cl)cc3)nc(SCC(=O)Nc3ccc(Br)cc3)c2C#N)cc1OC. The van der Waals surface area contributed by atoms with Crippen LogP contribution in [0.2, 0.25) is 5.02 Å². The molecule has 1 heterocycles. The number of hydrogen-bond donors (Lipinski definition) is 1. The van der Waals surface area contributed by atoms with E-state index in [4.69, 9.17) is 26.1 Å². The van der Waals surface area contributed by atoms with Gasteiger partial charge in [0.25, 0.3) is 0 Å². The number of anilines is 1. The van der Waals surface area contributed by atoms with Crippen molar-refractivity contribution in [1.82, 2.24) is 4.98 Å². The van der Waals surface area contributed by atoms with Gasteiger partial charge in [-0.25, -0.2) is 4.98 Å². The number of rotatable bonds is 8. The first-order valence-electron chi connectivity index (χ1n) is 11.0. The molecule has 1 amide bonds. The van der Waals surface area contributed by atoms with Gasteiger partial charge >= 0.3 is 0 Å². The van der Waals surface area contributed by atoms with E-state index in [1.165, 1.54) is 11.8 Å². The molecule has 3 aromatic carbocycles. The summed E-state index contributed by atoms with van der Waals surface area (Å²) in [6.45, 7) is 0. The predicted molar refractivity (Wildman–Crippen MR) is 151 cm³/mol. The number of amides is 1. The number of halogens is 2. The normalized spacial score (nSPS) is 10.5. The predicted octanol–water partition coefficient (Wildman–Crippen LogP) is 7.45. The van der Waals surface area contributed by atoms with Gasteiger partial charge in [0.1, 0.15) is 11.1 Å². The van der Waals surface area contributed by atoms with Crippen molar-refractivity contribution in [3.63, 3.8) is 0 Å². The second-order valence-corrected chi connectivity index (χ2v) is 10.1. The molecule has 0 radical (unpaired) electrons. The first-order valence-corrected chi connectivity index (χ1v) is 13.2. The number of benzene rings is 3. The van der Waals surface area contributed by atoms with Crippen molar-refractivity contribution < 1.29 is 14.3 Å². The monoisotopic (exact) mass is 593 g/mol. The molecule has 0 aliphatic carbocycles. The minimum atomic E-state index is -0.206. The van der Waals surface area contributed by atoms with Crippen LogP contribution in [0.1, 0.15) is 5.56 Å². The Morgan fingerprint density at radius 3 is 2.32 bits per heavy atom. The van der Waals surface area contributed by atoms with Crippen LogP contribution in [0.3, 0.4) is 0 Å². The van der Waals surface area contributed by atoms with Crippen LogP contribution in [-0.2, 0) is 4.79 Å². The maximum absolute atomic E-state index is 12.7. The lowest BCUT2D eigenvalue weighted by Gasteiger charge is -2.14. The lowest BCUT2D eigenvalue weighted by atomic mass is 9.99. The minimum absolute atomic E-state index is 0.0766. The van der Waals surface area contributed by atoms with E-state index >= 15 is 0 Å². The summed E-state index contributed by atoms with van der Waals surface area (Å²) in [7, 11) is 3.13. The third kappa shape index (κ3) is 6.44. The molecule has 1 N–H and O–H groups in total. The van der Waals surface area contributed by atoms with E-state index in [9.17, 15) is 10.1 Å². The number of carbonyl (C=O) groups excluding carboxylic acids is 1. The summed E-state index contributed by atoms with van der Waals surface area (Å²) in [5, 5.41) is 14.1. The lowest BCUT2D eigenvalue weighted by Crippen LogP contribution is -2.14. The number of carbonyl (C=O) groups is 1. The summed E-state index contributed by atoms with van der Waals surface area (Å²) < 4.78 is 11.8. The molecule has 0 fully saturated rings. The van der Waals surface area contributed by atoms with Crippen LogP contribution in [-0.4, -0.2) is 30.9 Å². The number of nitriles is 1. The number of hydrogen-bond acceptors (Lipinski definition) is 6. The molecule has 0 aliphatic heterocycles. The van der Waals surface area contributed by atoms with Gasteiger partial charge in [-0.2, -0.15) is 5.26 Å². The van der Waals surface area contributed by atoms with Gasteiger partial charge in [0, 0.05) is 26.3 Å². The van der Waals surface area contributed by atoms with Gasteiger partial charge in [-0.15, -0.1) is 0 Å². The molecule has 0 aliphatic rings. The third-order valence-electron chi connectivity index (χ3n) is 5.40. The maximum atomic E-state index is 12.7. The van der Waals surface area contributed by atoms with Gasteiger partial charge in [-0.1, -0.05) is 57.5 Å². The van der Waals surface area contributed by atoms with Crippen molar-refractivity contribution in [2.24, 2.45) is 0 Å². The number of thioether (sulfide) groups is 1. The number of pyridine rings is 1. The molecule has 0 spiro atoms. The van der Waals surface area contributed by atoms with E-state index in [0.29, 0.717) is 44.1 Å². The Morgan fingerprint density at radius 1 is 1.00 bits per heavy atom. The second kappa shape index (κ2) is 12.2. The van der Waals surface area contributed by atoms with E-state index < -0.39 is 0 Å². The highest BCUT2D eigenvalue weighted by atomic mass is 79.9. The standard InChI is InChI=1S/C28H21BrClN3O3S/c1-35-25-12-5-18(13-26(25)36-2)22-14-24(17-3-8-20(30)9-4-17)33-28(23(22)15-31)37-16-27(34)32-21-10-6-19(29)7-11-21/h3-14H,16H2,1-2H3,(H,32,34). The molecule has 0 saturated carbocycles. The van der Waals surface area contributed by atoms with Crippen molar-refractivity contribution in [2.45, 2.75) is 5.03 Å². The largest absolute Gasteiger partial charge is 0.493 e. The first kappa shape index (κ1) is 26.6. The number of nitrogens with one attached hydrogen (secondary N) is 1. The van der Waals surface area contributed by atoms with Gasteiger partial charge in [-0.05, 0) is 60.2 Å². The van der Waals surface area contributed by atoms with Crippen LogP contribution in [0.15, 0.2) is 82.3 Å². The topological polar surface area (TPSA) is 84.2 Å². The Morgan fingerprint density at radius 2 is 1.68 bits per heavy atom. The van der Waals surface area contributed by atoms with E-state index in [2.05, 4.69) is 27.3 Å². The number of aromatic nitrogens is 1. The van der Waals surface area contributed by atoms with Crippen LogP contribution < -0.4 is 14.8 Å². The highest BCUT2D eigenvalue weighted by Crippen LogP contribution is 2.38. The van der Waals surface area contributed by atoms with Gasteiger partial charge in [0.15, 0.2) is 11.5 Å². The fraction of sp³-hybridized carbons (Fsp3) is 0.107. The summed E-state index contributed by atoms with van der Waals surface area (Å²) in [4.78, 5) is 17.4. The Labute approximate surface area is 232 Å². The van der Waals surface area contributed by atoms with E-state index in [-0.39, 0.29) is 11.7 Å². The highest BCUT2D eigenvalue weighted by Gasteiger charge is 2.18. The van der Waals surface area contributed by atoms with Crippen molar-refractivity contribution in [1.29, 1.82) is 5.26 Å². The molecule has 0 unspecified atom stereocenters. The van der Waals surface area contributed by atoms with Gasteiger partial charge < -0.3 is 14.8 Å². The van der Waals surface area contributed by atoms with Gasteiger partial charge in [0.2, 0.25) is 5.91 Å². The van der Waals surface area contributed by atoms with Crippen LogP contribution in [0.4, 0.5) is 5.69 Å². The Bertz CT molecular complexity index is 1470. The molecule has 1 aromatic heterocycles. The van der Waals surface area contributed by atoms with Gasteiger partial charge in [-0.3, -0.25) is 4.79 Å². The molecule has 0 saturated heterocycles. The van der Waals surface area contributed by atoms with Gasteiger partial charge in [0.05, 0.1) is 31.2 Å². The van der Waals surface area contributed by atoms with Crippen LogP contribution >= 0.6 is 39.3 Å². The number of ether oxygens (including phenoxy) is 2. The van der Waals surface area contributed by atoms with Crippen molar-refractivity contribution in [3.8, 4) is 40.0 Å². The second-order valence-electron chi connectivity index (χ2n) is 7.77. The summed E-state index contributed by atoms with van der Waals surface area (Å²) >= 11 is 10.7. The lowest BCUT2D eigenvalue weighted by molar-refractivity contribution is -0.113. The van der Waals surface area contributed by atoms with Crippen molar-refractivity contribution >= 4 is 50.9 Å².